The predicted octanol–water partition coefficient (Wildman–Crippen LogP) is 3.41. The monoisotopic (exact) mass is 615 g/mol. The largest absolute Gasteiger partial charge is 0.511 e. The van der Waals surface area contributed by atoms with Gasteiger partial charge < -0.3 is 28.6 Å². The molecular weight excluding hydrogens is 588 g/mol. The number of carbonyl (C=O) groups excluding carboxylic acids is 2. The fourth-order valence-electron chi connectivity index (χ4n) is 5.50. The maximum Gasteiger partial charge on any atom is 0.511 e. The van der Waals surface area contributed by atoms with E-state index >= 15 is 4.39 Å². The van der Waals surface area contributed by atoms with Crippen molar-refractivity contribution in [2.75, 3.05) is 51.9 Å². The molecule has 0 saturated carbocycles. The van der Waals surface area contributed by atoms with Crippen molar-refractivity contribution < 1.29 is 42.1 Å². The molecule has 0 radical (unpaired) electrons. The minimum absolute atomic E-state index is 0.0439. The number of benzene rings is 2. The molecule has 0 aliphatic carbocycles. The number of hydrogen-bond acceptors (Lipinski definition) is 10. The van der Waals surface area contributed by atoms with Gasteiger partial charge in [-0.05, 0) is 23.3 Å². The van der Waals surface area contributed by atoms with Crippen LogP contribution in [0.5, 0.6) is 5.75 Å². The first-order valence-corrected chi connectivity index (χ1v) is 14.4. The van der Waals surface area contributed by atoms with Crippen LogP contribution in [0, 0.1) is 11.6 Å². The van der Waals surface area contributed by atoms with Crippen LogP contribution >= 0.6 is 11.8 Å². The normalized spacial score (nSPS) is 19.0. The molecule has 1 aromatic heterocycles. The summed E-state index contributed by atoms with van der Waals surface area (Å²) in [7, 11) is 1.45. The summed E-state index contributed by atoms with van der Waals surface area (Å²) in [5.41, 5.74) is 0.774. The van der Waals surface area contributed by atoms with Crippen LogP contribution in [-0.4, -0.2) is 74.7 Å². The molecule has 1 saturated heterocycles. The molecule has 4 heterocycles. The zero-order valence-corrected chi connectivity index (χ0v) is 23.8. The summed E-state index contributed by atoms with van der Waals surface area (Å²) in [6.45, 7) is 0.00345. The smallest absolute Gasteiger partial charge is 0.451 e. The number of pyridine rings is 1. The maximum absolute atomic E-state index is 15.3. The molecule has 43 heavy (non-hydrogen) atoms. The highest BCUT2D eigenvalue weighted by Gasteiger charge is 2.46. The Labute approximate surface area is 248 Å². The fraction of sp³-hybridized carbons (Fsp3) is 0.345. The van der Waals surface area contributed by atoms with Crippen molar-refractivity contribution in [1.82, 2.24) is 9.58 Å². The van der Waals surface area contributed by atoms with E-state index in [-0.39, 0.29) is 55.7 Å². The number of fused-ring (bicyclic) bond motifs is 4. The van der Waals surface area contributed by atoms with E-state index in [0.29, 0.717) is 5.56 Å². The lowest BCUT2D eigenvalue weighted by atomic mass is 9.93. The molecule has 1 amide bonds. The van der Waals surface area contributed by atoms with Crippen molar-refractivity contribution >= 4 is 23.8 Å². The highest BCUT2D eigenvalue weighted by molar-refractivity contribution is 7.98. The Hall–Kier alpha value is -4.14. The van der Waals surface area contributed by atoms with Gasteiger partial charge >= 0.3 is 6.16 Å². The summed E-state index contributed by atoms with van der Waals surface area (Å²) in [4.78, 5) is 41.3. The summed E-state index contributed by atoms with van der Waals surface area (Å²) in [6.07, 6.45) is -0.270. The topological polar surface area (TPSA) is 109 Å². The van der Waals surface area contributed by atoms with Gasteiger partial charge in [0.2, 0.25) is 18.0 Å². The number of ether oxygens (including phenoxy) is 5. The van der Waals surface area contributed by atoms with Crippen LogP contribution in [0.2, 0.25) is 0 Å². The van der Waals surface area contributed by atoms with Crippen LogP contribution in [-0.2, 0) is 24.7 Å². The van der Waals surface area contributed by atoms with Gasteiger partial charge in [-0.3, -0.25) is 19.3 Å². The van der Waals surface area contributed by atoms with Crippen molar-refractivity contribution in [3.05, 3.63) is 92.9 Å². The minimum Gasteiger partial charge on any atom is -0.451 e. The van der Waals surface area contributed by atoms with Crippen LogP contribution < -0.4 is 15.2 Å². The lowest BCUT2D eigenvalue weighted by Crippen LogP contribution is -2.66. The molecular formula is C29H27F2N3O8S. The average Bonchev–Trinajstić information content (AvgIpc) is 3.18. The van der Waals surface area contributed by atoms with Gasteiger partial charge in [0.05, 0.1) is 25.9 Å². The van der Waals surface area contributed by atoms with E-state index in [4.69, 9.17) is 23.7 Å². The SMILES string of the molecule is COCCOC(=O)OCOc1c2n(ccc1=O)N([C@@H]1c3ccccc3SCc3c1ccc(F)c3F)[C@@H]1COCCN1C2=O. The van der Waals surface area contributed by atoms with Crippen molar-refractivity contribution in [1.29, 1.82) is 0 Å². The number of carbonyl (C=O) groups is 2. The Morgan fingerprint density at radius 1 is 1.07 bits per heavy atom. The number of amides is 1. The molecule has 14 heteroatoms. The van der Waals surface area contributed by atoms with Gasteiger partial charge in [0, 0.05) is 42.1 Å². The second-order valence-electron chi connectivity index (χ2n) is 9.79. The van der Waals surface area contributed by atoms with Crippen LogP contribution in [0.4, 0.5) is 13.6 Å². The third-order valence-electron chi connectivity index (χ3n) is 7.42. The number of rotatable bonds is 7. The molecule has 2 aromatic carbocycles. The molecule has 11 nitrogen and oxygen atoms in total. The second-order valence-corrected chi connectivity index (χ2v) is 10.8. The summed E-state index contributed by atoms with van der Waals surface area (Å²) in [6, 6.07) is 10.7. The highest BCUT2D eigenvalue weighted by Crippen LogP contribution is 2.45. The van der Waals surface area contributed by atoms with Gasteiger partial charge in [-0.25, -0.2) is 13.6 Å². The molecule has 6 rings (SSSR count). The first-order chi connectivity index (χ1) is 20.9. The van der Waals surface area contributed by atoms with Crippen molar-refractivity contribution in [2.45, 2.75) is 22.9 Å². The molecule has 1 fully saturated rings. The van der Waals surface area contributed by atoms with E-state index in [1.165, 1.54) is 35.8 Å². The third-order valence-corrected chi connectivity index (χ3v) is 8.54. The van der Waals surface area contributed by atoms with Crippen LogP contribution in [0.25, 0.3) is 0 Å². The molecule has 3 aliphatic rings. The molecule has 0 bridgehead atoms. The number of halogens is 2. The highest BCUT2D eigenvalue weighted by atomic mass is 32.2. The number of nitrogens with zero attached hydrogens (tertiary/aromatic N) is 3. The van der Waals surface area contributed by atoms with Crippen LogP contribution in [0.1, 0.15) is 33.2 Å². The van der Waals surface area contributed by atoms with Gasteiger partial charge in [0.25, 0.3) is 5.91 Å². The summed E-state index contributed by atoms with van der Waals surface area (Å²) in [5, 5.41) is 1.82. The fourth-order valence-corrected chi connectivity index (χ4v) is 6.61. The van der Waals surface area contributed by atoms with Crippen LogP contribution in [0.3, 0.4) is 0 Å². The lowest BCUT2D eigenvalue weighted by molar-refractivity contribution is -0.0217. The second kappa shape index (κ2) is 12.2. The number of methoxy groups -OCH3 is 1. The van der Waals surface area contributed by atoms with E-state index in [1.807, 2.05) is 29.3 Å². The van der Waals surface area contributed by atoms with Gasteiger partial charge in [0.1, 0.15) is 12.8 Å². The predicted molar refractivity (Wildman–Crippen MR) is 149 cm³/mol. The first-order valence-electron chi connectivity index (χ1n) is 13.4. The first kappa shape index (κ1) is 29.0. The molecule has 0 unspecified atom stereocenters. The standard InChI is InChI=1S/C29H27F2N3O8S/c1-38-12-13-40-29(37)42-16-41-27-21(35)8-9-33-26(27)28(36)32-10-11-39-14-23(32)34(33)25-17-6-7-20(30)24(31)19(17)15-43-22-5-3-2-4-18(22)25/h2-9,23,25H,10-16H2,1H3/t23-,25+/m1/s1. The molecule has 3 aromatic rings. The maximum atomic E-state index is 15.3. The Kier molecular flexibility index (Phi) is 8.23. The number of aromatic nitrogens is 1. The molecule has 2 atom stereocenters. The van der Waals surface area contributed by atoms with E-state index in [2.05, 4.69) is 0 Å². The number of hydrogen-bond donors (Lipinski definition) is 0. The van der Waals surface area contributed by atoms with E-state index in [0.717, 1.165) is 16.5 Å². The van der Waals surface area contributed by atoms with Gasteiger partial charge in [-0.15, -0.1) is 11.8 Å². The van der Waals surface area contributed by atoms with E-state index in [1.54, 1.807) is 11.0 Å². The molecule has 0 N–H and O–H groups in total. The molecule has 226 valence electrons. The van der Waals surface area contributed by atoms with Gasteiger partial charge in [-0.2, -0.15) is 0 Å². The zero-order chi connectivity index (χ0) is 30.1. The molecule has 0 spiro atoms. The number of morpholine rings is 1. The Morgan fingerprint density at radius 3 is 2.74 bits per heavy atom. The van der Waals surface area contributed by atoms with Crippen LogP contribution in [0.15, 0.2) is 58.4 Å². The van der Waals surface area contributed by atoms with Crippen molar-refractivity contribution in [3.63, 3.8) is 0 Å². The number of thioether (sulfide) groups is 1. The summed E-state index contributed by atoms with van der Waals surface area (Å²) in [5.74, 6) is -2.55. The minimum atomic E-state index is -1.04. The quantitative estimate of drug-likeness (QED) is 0.223. The Bertz CT molecular complexity index is 1620. The Morgan fingerprint density at radius 2 is 1.91 bits per heavy atom. The zero-order valence-electron chi connectivity index (χ0n) is 23.0. The summed E-state index contributed by atoms with van der Waals surface area (Å²) < 4.78 is 57.3. The van der Waals surface area contributed by atoms with E-state index in [9.17, 15) is 18.8 Å². The van der Waals surface area contributed by atoms with Gasteiger partial charge in [0.15, 0.2) is 17.3 Å². The molecule has 3 aliphatic heterocycles. The third kappa shape index (κ3) is 5.30. The summed E-state index contributed by atoms with van der Waals surface area (Å²) >= 11 is 1.38. The average molecular weight is 616 g/mol. The Balaban J connectivity index is 1.47. The van der Waals surface area contributed by atoms with E-state index < -0.39 is 48.1 Å². The van der Waals surface area contributed by atoms with Gasteiger partial charge in [-0.1, -0.05) is 24.3 Å². The van der Waals surface area contributed by atoms with Crippen molar-refractivity contribution in [2.24, 2.45) is 0 Å². The lowest BCUT2D eigenvalue weighted by Gasteiger charge is -2.51. The van der Waals surface area contributed by atoms with Crippen molar-refractivity contribution in [3.8, 4) is 5.75 Å².